The predicted octanol–water partition coefficient (Wildman–Crippen LogP) is 7.72. The van der Waals surface area contributed by atoms with E-state index in [9.17, 15) is 0 Å². The molecule has 0 atom stereocenters. The van der Waals surface area contributed by atoms with Gasteiger partial charge in [0.1, 0.15) is 0 Å². The van der Waals surface area contributed by atoms with Gasteiger partial charge >= 0.3 is 0 Å². The van der Waals surface area contributed by atoms with Crippen LogP contribution in [-0.4, -0.2) is 0 Å². The molecule has 0 heterocycles. The normalized spacial score (nSPS) is 18.9. The Morgan fingerprint density at radius 2 is 1.54 bits per heavy atom. The SMILES string of the molecule is CCCCCCC1CCC(C#CC=CC#Cc2ccc(CCCC)cc2)CC1. The molecule has 1 fully saturated rings. The Labute approximate surface area is 174 Å². The lowest BCUT2D eigenvalue weighted by atomic mass is 9.80. The van der Waals surface area contributed by atoms with Crippen LogP contribution in [0, 0.1) is 35.5 Å². The number of rotatable bonds is 8. The first kappa shape index (κ1) is 22.4. The molecule has 1 aromatic carbocycles. The van der Waals surface area contributed by atoms with Crippen LogP contribution in [0.15, 0.2) is 36.4 Å². The minimum absolute atomic E-state index is 0.597. The van der Waals surface area contributed by atoms with Gasteiger partial charge in [0.05, 0.1) is 0 Å². The van der Waals surface area contributed by atoms with Crippen molar-refractivity contribution in [2.75, 3.05) is 0 Å². The highest BCUT2D eigenvalue weighted by molar-refractivity contribution is 5.39. The van der Waals surface area contributed by atoms with E-state index in [-0.39, 0.29) is 0 Å². The minimum Gasteiger partial charge on any atom is -0.0951 e. The average molecular weight is 375 g/mol. The highest BCUT2D eigenvalue weighted by atomic mass is 14.2. The molecule has 0 bridgehead atoms. The van der Waals surface area contributed by atoms with Gasteiger partial charge in [0, 0.05) is 11.5 Å². The maximum Gasteiger partial charge on any atom is 0.0249 e. The van der Waals surface area contributed by atoms with Crippen molar-refractivity contribution in [3.8, 4) is 23.7 Å². The molecule has 0 spiro atoms. The molecule has 0 saturated heterocycles. The summed E-state index contributed by atoms with van der Waals surface area (Å²) in [5.74, 6) is 14.5. The van der Waals surface area contributed by atoms with Gasteiger partial charge in [0.25, 0.3) is 0 Å². The maximum absolute atomic E-state index is 3.44. The second-order valence-corrected chi connectivity index (χ2v) is 8.26. The third kappa shape index (κ3) is 9.33. The molecule has 1 aliphatic rings. The van der Waals surface area contributed by atoms with Crippen LogP contribution in [0.5, 0.6) is 0 Å². The molecule has 0 aliphatic heterocycles. The van der Waals surface area contributed by atoms with Crippen LogP contribution in [-0.2, 0) is 6.42 Å². The first-order valence-electron chi connectivity index (χ1n) is 11.6. The number of hydrogen-bond donors (Lipinski definition) is 0. The van der Waals surface area contributed by atoms with Gasteiger partial charge in [-0.1, -0.05) is 88.2 Å². The van der Waals surface area contributed by atoms with Gasteiger partial charge in [0.15, 0.2) is 0 Å². The third-order valence-electron chi connectivity index (χ3n) is 5.84. The van der Waals surface area contributed by atoms with E-state index in [0.717, 1.165) is 11.5 Å². The topological polar surface area (TPSA) is 0 Å². The molecular weight excluding hydrogens is 336 g/mol. The lowest BCUT2D eigenvalue weighted by Gasteiger charge is -2.25. The van der Waals surface area contributed by atoms with Crippen molar-refractivity contribution >= 4 is 0 Å². The molecular formula is C28H38. The van der Waals surface area contributed by atoms with Gasteiger partial charge in [0.2, 0.25) is 0 Å². The van der Waals surface area contributed by atoms with Crippen LogP contribution < -0.4 is 0 Å². The van der Waals surface area contributed by atoms with Crippen LogP contribution in [0.2, 0.25) is 0 Å². The van der Waals surface area contributed by atoms with Crippen LogP contribution in [0.4, 0.5) is 0 Å². The summed E-state index contributed by atoms with van der Waals surface area (Å²) in [6.45, 7) is 4.52. The molecule has 1 aliphatic carbocycles. The van der Waals surface area contributed by atoms with Crippen molar-refractivity contribution in [2.24, 2.45) is 11.8 Å². The van der Waals surface area contributed by atoms with Crippen molar-refractivity contribution in [1.29, 1.82) is 0 Å². The quantitative estimate of drug-likeness (QED) is 0.323. The van der Waals surface area contributed by atoms with Crippen LogP contribution in [0.1, 0.15) is 95.6 Å². The number of aryl methyl sites for hydroxylation is 1. The highest BCUT2D eigenvalue weighted by Gasteiger charge is 2.19. The summed E-state index contributed by atoms with van der Waals surface area (Å²) in [5.41, 5.74) is 2.49. The summed E-state index contributed by atoms with van der Waals surface area (Å²) in [6.07, 6.45) is 19.8. The van der Waals surface area contributed by atoms with E-state index in [0.29, 0.717) is 5.92 Å². The molecule has 150 valence electrons. The Morgan fingerprint density at radius 3 is 2.25 bits per heavy atom. The fraction of sp³-hybridized carbons (Fsp3) is 0.571. The van der Waals surface area contributed by atoms with Crippen molar-refractivity contribution in [1.82, 2.24) is 0 Å². The Morgan fingerprint density at radius 1 is 0.821 bits per heavy atom. The average Bonchev–Trinajstić information content (AvgIpc) is 2.74. The summed E-state index contributed by atoms with van der Waals surface area (Å²) in [6, 6.07) is 8.64. The molecule has 0 amide bonds. The van der Waals surface area contributed by atoms with Gasteiger partial charge < -0.3 is 0 Å². The van der Waals surface area contributed by atoms with E-state index >= 15 is 0 Å². The van der Waals surface area contributed by atoms with E-state index in [1.807, 2.05) is 12.2 Å². The Balaban J connectivity index is 1.67. The standard InChI is InChI=1S/C28H38/c1-3-5-7-10-14-26-21-23-28(24-22-26)16-12-9-8-11-15-27-19-17-25(18-20-27)13-6-4-2/h8-9,17-20,26,28H,3-7,10,13-14,21-24H2,1-2H3. The molecule has 0 heteroatoms. The fourth-order valence-electron chi connectivity index (χ4n) is 3.97. The fourth-order valence-corrected chi connectivity index (χ4v) is 3.97. The molecule has 2 rings (SSSR count). The molecule has 1 saturated carbocycles. The number of unbranched alkanes of at least 4 members (excludes halogenated alkanes) is 4. The van der Waals surface area contributed by atoms with E-state index in [2.05, 4.69) is 61.8 Å². The van der Waals surface area contributed by atoms with Gasteiger partial charge in [-0.05, 0) is 74.3 Å². The van der Waals surface area contributed by atoms with E-state index in [4.69, 9.17) is 0 Å². The summed E-state index contributed by atoms with van der Waals surface area (Å²) >= 11 is 0. The van der Waals surface area contributed by atoms with Crippen molar-refractivity contribution in [3.05, 3.63) is 47.5 Å². The molecule has 0 unspecified atom stereocenters. The van der Waals surface area contributed by atoms with Crippen molar-refractivity contribution < 1.29 is 0 Å². The number of hydrogen-bond acceptors (Lipinski definition) is 0. The van der Waals surface area contributed by atoms with E-state index in [1.165, 1.54) is 82.6 Å². The maximum atomic E-state index is 3.44. The predicted molar refractivity (Wildman–Crippen MR) is 123 cm³/mol. The Kier molecular flexibility index (Phi) is 11.3. The molecule has 0 N–H and O–H groups in total. The first-order chi connectivity index (χ1) is 13.8. The second kappa shape index (κ2) is 14.1. The molecule has 0 aromatic heterocycles. The third-order valence-corrected chi connectivity index (χ3v) is 5.84. The van der Waals surface area contributed by atoms with Gasteiger partial charge in [-0.15, -0.1) is 0 Å². The molecule has 1 aromatic rings. The summed E-state index contributed by atoms with van der Waals surface area (Å²) in [5, 5.41) is 0. The van der Waals surface area contributed by atoms with Gasteiger partial charge in [-0.25, -0.2) is 0 Å². The van der Waals surface area contributed by atoms with E-state index in [1.54, 1.807) is 0 Å². The van der Waals surface area contributed by atoms with Crippen LogP contribution in [0.25, 0.3) is 0 Å². The zero-order chi connectivity index (χ0) is 19.9. The molecule has 0 nitrogen and oxygen atoms in total. The summed E-state index contributed by atoms with van der Waals surface area (Å²) < 4.78 is 0. The molecule has 0 radical (unpaired) electrons. The van der Waals surface area contributed by atoms with E-state index < -0.39 is 0 Å². The zero-order valence-corrected chi connectivity index (χ0v) is 18.1. The zero-order valence-electron chi connectivity index (χ0n) is 18.1. The van der Waals surface area contributed by atoms with Crippen molar-refractivity contribution in [2.45, 2.75) is 90.9 Å². The van der Waals surface area contributed by atoms with Crippen LogP contribution in [0.3, 0.4) is 0 Å². The summed E-state index contributed by atoms with van der Waals surface area (Å²) in [7, 11) is 0. The lowest BCUT2D eigenvalue weighted by molar-refractivity contribution is 0.294. The van der Waals surface area contributed by atoms with Crippen LogP contribution >= 0.6 is 0 Å². The number of benzene rings is 1. The van der Waals surface area contributed by atoms with Crippen molar-refractivity contribution in [3.63, 3.8) is 0 Å². The van der Waals surface area contributed by atoms with Gasteiger partial charge in [-0.3, -0.25) is 0 Å². The summed E-state index contributed by atoms with van der Waals surface area (Å²) in [4.78, 5) is 0. The smallest absolute Gasteiger partial charge is 0.0249 e. The largest absolute Gasteiger partial charge is 0.0951 e. The first-order valence-corrected chi connectivity index (χ1v) is 11.6. The Hall–Kier alpha value is -1.92. The van der Waals surface area contributed by atoms with Gasteiger partial charge in [-0.2, -0.15) is 0 Å². The second-order valence-electron chi connectivity index (χ2n) is 8.26. The number of allylic oxidation sites excluding steroid dienone is 2. The lowest BCUT2D eigenvalue weighted by Crippen LogP contribution is -2.13. The highest BCUT2D eigenvalue weighted by Crippen LogP contribution is 2.31. The molecule has 28 heavy (non-hydrogen) atoms. The monoisotopic (exact) mass is 374 g/mol. The Bertz CT molecular complexity index is 676. The minimum atomic E-state index is 0.597.